The topological polar surface area (TPSA) is 54.4 Å². The highest BCUT2D eigenvalue weighted by molar-refractivity contribution is 7.89. The van der Waals surface area contributed by atoms with E-state index in [1.807, 2.05) is 19.9 Å². The van der Waals surface area contributed by atoms with E-state index in [4.69, 9.17) is 0 Å². The molecule has 0 heterocycles. The highest BCUT2D eigenvalue weighted by Crippen LogP contribution is 2.67. The van der Waals surface area contributed by atoms with Crippen LogP contribution in [0.15, 0.2) is 34.8 Å². The van der Waals surface area contributed by atoms with Crippen LogP contribution in [-0.4, -0.2) is 32.6 Å². The van der Waals surface area contributed by atoms with E-state index in [0.29, 0.717) is 18.6 Å². The van der Waals surface area contributed by atoms with Crippen molar-refractivity contribution in [2.45, 2.75) is 58.2 Å². The van der Waals surface area contributed by atoms with Crippen molar-refractivity contribution in [3.63, 3.8) is 0 Å². The lowest BCUT2D eigenvalue weighted by Gasteiger charge is -2.61. The molecule has 0 aromatic carbocycles. The molecule has 1 N–H and O–H groups in total. The molecule has 0 amide bonds. The van der Waals surface area contributed by atoms with Crippen LogP contribution in [0.2, 0.25) is 0 Å². The van der Waals surface area contributed by atoms with E-state index in [1.54, 1.807) is 12.2 Å². The Morgan fingerprint density at radius 1 is 1.35 bits per heavy atom. The summed E-state index contributed by atoms with van der Waals surface area (Å²) in [4.78, 5) is 12.7. The number of fused-ring (bicyclic) bond motifs is 5. The Balaban J connectivity index is 1.79. The molecule has 142 valence electrons. The van der Waals surface area contributed by atoms with E-state index in [-0.39, 0.29) is 24.0 Å². The summed E-state index contributed by atoms with van der Waals surface area (Å²) in [6.45, 7) is 5.78. The maximum atomic E-state index is 16.7. The van der Waals surface area contributed by atoms with Crippen molar-refractivity contribution in [2.75, 3.05) is 5.75 Å². The molecule has 0 aromatic rings. The monoisotopic (exact) mass is 378 g/mol. The fourth-order valence-corrected chi connectivity index (χ4v) is 7.60. The molecule has 7 atom stereocenters. The van der Waals surface area contributed by atoms with Crippen molar-refractivity contribution < 1.29 is 18.5 Å². The minimum absolute atomic E-state index is 0.0470. The van der Waals surface area contributed by atoms with Gasteiger partial charge in [0.2, 0.25) is 0 Å². The third-order valence-electron chi connectivity index (χ3n) is 7.66. The average Bonchev–Trinajstić information content (AvgIpc) is 2.93. The average molecular weight is 379 g/mol. The van der Waals surface area contributed by atoms with Gasteiger partial charge in [-0.1, -0.05) is 31.6 Å². The second-order valence-electron chi connectivity index (χ2n) is 8.70. The Kier molecular flexibility index (Phi) is 4.02. The number of carbonyl (C=O) groups excluding carboxylic acids is 1. The third-order valence-corrected chi connectivity index (χ3v) is 9.31. The zero-order valence-corrected chi connectivity index (χ0v) is 16.4. The molecule has 4 aliphatic carbocycles. The first kappa shape index (κ1) is 18.3. The minimum atomic E-state index is -1.80. The number of hydrogen-bond donors (Lipinski definition) is 1. The van der Waals surface area contributed by atoms with Gasteiger partial charge in [0.05, 0.1) is 6.10 Å². The molecule has 4 rings (SSSR count). The molecule has 26 heavy (non-hydrogen) atoms. The van der Waals surface area contributed by atoms with Gasteiger partial charge in [0, 0.05) is 38.2 Å². The van der Waals surface area contributed by atoms with E-state index < -0.39 is 33.4 Å². The smallest absolute Gasteiger partial charge is 0.178 e. The van der Waals surface area contributed by atoms with Gasteiger partial charge in [-0.15, -0.1) is 0 Å². The van der Waals surface area contributed by atoms with E-state index in [1.165, 1.54) is 6.08 Å². The number of carbonyl (C=O) groups is 1. The van der Waals surface area contributed by atoms with Gasteiger partial charge >= 0.3 is 0 Å². The van der Waals surface area contributed by atoms with Crippen molar-refractivity contribution >= 4 is 16.6 Å². The van der Waals surface area contributed by atoms with Crippen LogP contribution in [0.25, 0.3) is 0 Å². The third kappa shape index (κ3) is 2.07. The van der Waals surface area contributed by atoms with Crippen molar-refractivity contribution in [1.29, 1.82) is 0 Å². The molecular weight excluding hydrogens is 351 g/mol. The van der Waals surface area contributed by atoms with Gasteiger partial charge in [-0.3, -0.25) is 9.00 Å². The summed E-state index contributed by atoms with van der Waals surface area (Å²) in [5.74, 6) is 0.188. The van der Waals surface area contributed by atoms with Crippen LogP contribution >= 0.6 is 0 Å². The predicted octanol–water partition coefficient (Wildman–Crippen LogP) is 3.62. The predicted molar refractivity (Wildman–Crippen MR) is 101 cm³/mol. The lowest BCUT2D eigenvalue weighted by atomic mass is 9.46. The normalized spacial score (nSPS) is 48.2. The summed E-state index contributed by atoms with van der Waals surface area (Å²) in [6, 6.07) is 0. The van der Waals surface area contributed by atoms with Crippen LogP contribution in [0.4, 0.5) is 4.39 Å². The summed E-state index contributed by atoms with van der Waals surface area (Å²) in [7, 11) is -1.07. The SMILES string of the molecule is CCS(=O)C1=CC[C@H]2[C@@H]3CCC4=CC(=O)C=C[C@]4(C)[C@@]3(F)[C@@H](O)C[C@]12C. The first-order chi connectivity index (χ1) is 12.2. The van der Waals surface area contributed by atoms with Gasteiger partial charge in [-0.25, -0.2) is 4.39 Å². The van der Waals surface area contributed by atoms with Crippen LogP contribution in [-0.2, 0) is 15.6 Å². The Bertz CT molecular complexity index is 784. The van der Waals surface area contributed by atoms with Crippen molar-refractivity contribution in [1.82, 2.24) is 0 Å². The van der Waals surface area contributed by atoms with Gasteiger partial charge in [0.15, 0.2) is 11.5 Å². The number of aliphatic hydroxyl groups excluding tert-OH is 1. The highest BCUT2D eigenvalue weighted by atomic mass is 32.2. The van der Waals surface area contributed by atoms with E-state index in [2.05, 4.69) is 6.92 Å². The molecule has 2 fully saturated rings. The number of aliphatic hydroxyl groups is 1. The lowest BCUT2D eigenvalue weighted by molar-refractivity contribution is -0.184. The minimum Gasteiger partial charge on any atom is -0.390 e. The molecule has 1 unspecified atom stereocenters. The molecule has 4 aliphatic rings. The summed E-state index contributed by atoms with van der Waals surface area (Å²) in [6.07, 6.45) is 7.87. The number of allylic oxidation sites excluding steroid dienone is 6. The second kappa shape index (κ2) is 5.71. The van der Waals surface area contributed by atoms with E-state index in [0.717, 1.165) is 16.9 Å². The zero-order chi connectivity index (χ0) is 18.9. The Hall–Kier alpha value is -1.07. The van der Waals surface area contributed by atoms with Crippen molar-refractivity contribution in [3.05, 3.63) is 34.8 Å². The Morgan fingerprint density at radius 2 is 2.08 bits per heavy atom. The van der Waals surface area contributed by atoms with Crippen molar-refractivity contribution in [2.24, 2.45) is 22.7 Å². The molecule has 2 saturated carbocycles. The number of halogens is 1. The Morgan fingerprint density at radius 3 is 2.77 bits per heavy atom. The van der Waals surface area contributed by atoms with Gasteiger partial charge in [0.25, 0.3) is 0 Å². The number of rotatable bonds is 2. The number of hydrogen-bond acceptors (Lipinski definition) is 3. The van der Waals surface area contributed by atoms with Crippen LogP contribution in [0.3, 0.4) is 0 Å². The van der Waals surface area contributed by atoms with Crippen LogP contribution in [0, 0.1) is 22.7 Å². The Labute approximate surface area is 156 Å². The molecule has 3 nitrogen and oxygen atoms in total. The van der Waals surface area contributed by atoms with Crippen LogP contribution < -0.4 is 0 Å². The van der Waals surface area contributed by atoms with Gasteiger partial charge < -0.3 is 5.11 Å². The van der Waals surface area contributed by atoms with Crippen molar-refractivity contribution in [3.8, 4) is 0 Å². The van der Waals surface area contributed by atoms with E-state index >= 15 is 4.39 Å². The summed E-state index contributed by atoms with van der Waals surface area (Å²) >= 11 is 0. The summed E-state index contributed by atoms with van der Waals surface area (Å²) in [5.41, 5.74) is -2.35. The van der Waals surface area contributed by atoms with Gasteiger partial charge in [-0.2, -0.15) is 0 Å². The molecule has 0 aliphatic heterocycles. The second-order valence-corrected chi connectivity index (χ2v) is 10.4. The number of alkyl halides is 1. The number of ketones is 1. The summed E-state index contributed by atoms with van der Waals surface area (Å²) < 4.78 is 29.3. The lowest BCUT2D eigenvalue weighted by Crippen LogP contribution is -2.66. The quantitative estimate of drug-likeness (QED) is 0.798. The zero-order valence-electron chi connectivity index (χ0n) is 15.6. The first-order valence-corrected chi connectivity index (χ1v) is 10.9. The molecular formula is C21H27FO3S. The molecule has 0 aromatic heterocycles. The fourth-order valence-electron chi connectivity index (χ4n) is 6.25. The molecule has 0 saturated heterocycles. The molecule has 0 spiro atoms. The van der Waals surface area contributed by atoms with Crippen LogP contribution in [0.5, 0.6) is 0 Å². The maximum Gasteiger partial charge on any atom is 0.178 e. The van der Waals surface area contributed by atoms with Crippen LogP contribution in [0.1, 0.15) is 46.5 Å². The van der Waals surface area contributed by atoms with Gasteiger partial charge in [-0.05, 0) is 50.7 Å². The maximum absolute atomic E-state index is 16.7. The molecule has 0 bridgehead atoms. The highest BCUT2D eigenvalue weighted by Gasteiger charge is 2.69. The molecule has 5 heteroatoms. The van der Waals surface area contributed by atoms with Gasteiger partial charge in [0.1, 0.15) is 0 Å². The first-order valence-electron chi connectivity index (χ1n) is 9.58. The standard InChI is InChI=1S/C21H27FO3S/c1-4-26(25)18-8-7-15-16-6-5-13-11-14(23)9-10-20(13,3)21(16,22)17(24)12-19(15,18)2/h8-11,15-17,24H,4-7,12H2,1-3H3/t15-,16-,17-,19-,20-,21-,26?/m0/s1. The van der Waals surface area contributed by atoms with E-state index in [9.17, 15) is 14.1 Å². The molecule has 0 radical (unpaired) electrons. The fraction of sp³-hybridized carbons (Fsp3) is 0.667. The summed E-state index contributed by atoms with van der Waals surface area (Å²) in [5, 5.41) is 11.1. The largest absolute Gasteiger partial charge is 0.390 e.